The highest BCUT2D eigenvalue weighted by Gasteiger charge is 2.30. The van der Waals surface area contributed by atoms with E-state index in [0.29, 0.717) is 0 Å². The molecule has 0 radical (unpaired) electrons. The number of carboxylic acid groups (broad SMARTS) is 1. The van der Waals surface area contributed by atoms with Crippen molar-refractivity contribution in [3.05, 3.63) is 29.6 Å². The molecule has 0 unspecified atom stereocenters. The predicted octanol–water partition coefficient (Wildman–Crippen LogP) is 1.00. The van der Waals surface area contributed by atoms with Gasteiger partial charge >= 0.3 is 5.97 Å². The van der Waals surface area contributed by atoms with Gasteiger partial charge in [0.05, 0.1) is 5.56 Å². The van der Waals surface area contributed by atoms with Gasteiger partial charge < -0.3 is 16.2 Å². The third-order valence-electron chi connectivity index (χ3n) is 2.20. The molecule has 1 amide bonds. The van der Waals surface area contributed by atoms with E-state index in [2.05, 4.69) is 5.32 Å². The summed E-state index contributed by atoms with van der Waals surface area (Å²) in [7, 11) is 0. The summed E-state index contributed by atoms with van der Waals surface area (Å²) in [5.74, 6) is -2.79. The van der Waals surface area contributed by atoms with Crippen molar-refractivity contribution in [2.45, 2.75) is 19.4 Å². The lowest BCUT2D eigenvalue weighted by atomic mass is 10.0. The summed E-state index contributed by atoms with van der Waals surface area (Å²) < 4.78 is 13.4. The quantitative estimate of drug-likeness (QED) is 0.687. The summed E-state index contributed by atoms with van der Waals surface area (Å²) in [6.45, 7) is 2.62. The molecule has 0 bridgehead atoms. The first-order valence-electron chi connectivity index (χ1n) is 4.85. The lowest BCUT2D eigenvalue weighted by Crippen LogP contribution is -2.49. The van der Waals surface area contributed by atoms with E-state index in [-0.39, 0.29) is 11.3 Å². The van der Waals surface area contributed by atoms with Crippen LogP contribution in [0, 0.1) is 5.82 Å². The van der Waals surface area contributed by atoms with Crippen molar-refractivity contribution in [1.82, 2.24) is 5.32 Å². The van der Waals surface area contributed by atoms with Gasteiger partial charge in [0.25, 0.3) is 5.91 Å². The Balaban J connectivity index is 2.95. The molecule has 1 rings (SSSR count). The number of benzene rings is 1. The third kappa shape index (κ3) is 2.93. The van der Waals surface area contributed by atoms with Gasteiger partial charge in [0.1, 0.15) is 11.4 Å². The van der Waals surface area contributed by atoms with Gasteiger partial charge in [0.2, 0.25) is 0 Å². The first-order valence-corrected chi connectivity index (χ1v) is 4.85. The minimum Gasteiger partial charge on any atom is -0.480 e. The lowest BCUT2D eigenvalue weighted by molar-refractivity contribution is -0.143. The molecule has 0 heterocycles. The molecule has 5 nitrogen and oxygen atoms in total. The van der Waals surface area contributed by atoms with E-state index >= 15 is 0 Å². The van der Waals surface area contributed by atoms with Crippen LogP contribution < -0.4 is 11.1 Å². The Morgan fingerprint density at radius 3 is 2.47 bits per heavy atom. The number of nitrogen functional groups attached to an aromatic ring is 1. The van der Waals surface area contributed by atoms with Crippen LogP contribution in [0.3, 0.4) is 0 Å². The largest absolute Gasteiger partial charge is 0.480 e. The van der Waals surface area contributed by atoms with Crippen LogP contribution in [0.1, 0.15) is 24.2 Å². The maximum atomic E-state index is 13.4. The van der Waals surface area contributed by atoms with Gasteiger partial charge in [-0.3, -0.25) is 4.79 Å². The Hall–Kier alpha value is -2.11. The Morgan fingerprint density at radius 1 is 1.41 bits per heavy atom. The van der Waals surface area contributed by atoms with Crippen LogP contribution in [-0.2, 0) is 4.79 Å². The average molecular weight is 240 g/mol. The zero-order chi connectivity index (χ0) is 13.2. The number of rotatable bonds is 3. The van der Waals surface area contributed by atoms with Gasteiger partial charge in [-0.2, -0.15) is 0 Å². The van der Waals surface area contributed by atoms with Crippen LogP contribution in [-0.4, -0.2) is 22.5 Å². The van der Waals surface area contributed by atoms with Gasteiger partial charge in [-0.15, -0.1) is 0 Å². The van der Waals surface area contributed by atoms with Crippen LogP contribution in [0.2, 0.25) is 0 Å². The van der Waals surface area contributed by atoms with Crippen LogP contribution >= 0.6 is 0 Å². The number of hydrogen-bond acceptors (Lipinski definition) is 3. The molecule has 6 heteroatoms. The second kappa shape index (κ2) is 4.40. The van der Waals surface area contributed by atoms with Crippen LogP contribution in [0.25, 0.3) is 0 Å². The fourth-order valence-corrected chi connectivity index (χ4v) is 1.12. The molecule has 1 aromatic carbocycles. The maximum absolute atomic E-state index is 13.4. The number of carbonyl (C=O) groups excluding carboxylic acids is 1. The molecule has 1 aromatic rings. The number of nitrogens with two attached hydrogens (primary N) is 1. The van der Waals surface area contributed by atoms with Crippen molar-refractivity contribution >= 4 is 17.6 Å². The van der Waals surface area contributed by atoms with E-state index in [0.717, 1.165) is 6.07 Å². The van der Waals surface area contributed by atoms with Crippen LogP contribution in [0.15, 0.2) is 18.2 Å². The van der Waals surface area contributed by atoms with Crippen molar-refractivity contribution in [3.8, 4) is 0 Å². The second-order valence-electron chi connectivity index (χ2n) is 4.12. The van der Waals surface area contributed by atoms with Crippen LogP contribution in [0.4, 0.5) is 10.1 Å². The number of carbonyl (C=O) groups is 2. The van der Waals surface area contributed by atoms with E-state index in [9.17, 15) is 14.0 Å². The van der Waals surface area contributed by atoms with E-state index < -0.39 is 23.2 Å². The van der Waals surface area contributed by atoms with Crippen molar-refractivity contribution in [1.29, 1.82) is 0 Å². The summed E-state index contributed by atoms with van der Waals surface area (Å²) >= 11 is 0. The molecule has 0 saturated heterocycles. The van der Waals surface area contributed by atoms with Crippen LogP contribution in [0.5, 0.6) is 0 Å². The lowest BCUT2D eigenvalue weighted by Gasteiger charge is -2.21. The smallest absolute Gasteiger partial charge is 0.328 e. The Labute approximate surface area is 97.4 Å². The Morgan fingerprint density at radius 2 is 2.00 bits per heavy atom. The standard InChI is InChI=1S/C11H13FN2O3/c1-11(2,10(16)17)14-9(15)7-4-3-6(13)5-8(7)12/h3-5H,13H2,1-2H3,(H,14,15)(H,16,17). The zero-order valence-corrected chi connectivity index (χ0v) is 9.45. The fraction of sp³-hybridized carbons (Fsp3) is 0.273. The minimum atomic E-state index is -1.47. The first-order chi connectivity index (χ1) is 7.74. The number of carboxylic acids is 1. The van der Waals surface area contributed by atoms with Crippen molar-refractivity contribution in [2.24, 2.45) is 0 Å². The summed E-state index contributed by atoms with van der Waals surface area (Å²) in [4.78, 5) is 22.4. The van der Waals surface area contributed by atoms with Crippen molar-refractivity contribution < 1.29 is 19.1 Å². The molecule has 0 spiro atoms. The maximum Gasteiger partial charge on any atom is 0.328 e. The summed E-state index contributed by atoms with van der Waals surface area (Å²) in [5.41, 5.74) is 3.82. The highest BCUT2D eigenvalue weighted by atomic mass is 19.1. The molecule has 17 heavy (non-hydrogen) atoms. The number of anilines is 1. The summed E-state index contributed by atoms with van der Waals surface area (Å²) in [5, 5.41) is 11.0. The monoisotopic (exact) mass is 240 g/mol. The van der Waals surface area contributed by atoms with Gasteiger partial charge in [0, 0.05) is 5.69 Å². The molecule has 4 N–H and O–H groups in total. The SMILES string of the molecule is CC(C)(NC(=O)c1ccc(N)cc1F)C(=O)O. The van der Waals surface area contributed by atoms with E-state index in [4.69, 9.17) is 10.8 Å². The average Bonchev–Trinajstić information content (AvgIpc) is 2.15. The van der Waals surface area contributed by atoms with E-state index in [1.165, 1.54) is 26.0 Å². The Kier molecular flexibility index (Phi) is 3.36. The second-order valence-corrected chi connectivity index (χ2v) is 4.12. The molecule has 92 valence electrons. The van der Waals surface area contributed by atoms with Crippen molar-refractivity contribution in [2.75, 3.05) is 5.73 Å². The number of amides is 1. The third-order valence-corrected chi connectivity index (χ3v) is 2.20. The molecule has 0 aliphatic heterocycles. The predicted molar refractivity (Wildman–Crippen MR) is 60.0 cm³/mol. The highest BCUT2D eigenvalue weighted by molar-refractivity contribution is 5.98. The number of halogens is 1. The van der Waals surface area contributed by atoms with Gasteiger partial charge in [-0.1, -0.05) is 0 Å². The molecular formula is C11H13FN2O3. The zero-order valence-electron chi connectivity index (χ0n) is 9.45. The minimum absolute atomic E-state index is 0.191. The number of hydrogen-bond donors (Lipinski definition) is 3. The molecule has 0 aliphatic carbocycles. The molecular weight excluding hydrogens is 227 g/mol. The molecule has 0 atom stereocenters. The van der Waals surface area contributed by atoms with E-state index in [1.54, 1.807) is 0 Å². The number of nitrogens with one attached hydrogen (secondary N) is 1. The van der Waals surface area contributed by atoms with Gasteiger partial charge in [-0.05, 0) is 32.0 Å². The summed E-state index contributed by atoms with van der Waals surface area (Å²) in [6, 6.07) is 3.58. The molecule has 0 aliphatic rings. The molecule has 0 fully saturated rings. The molecule has 0 saturated carbocycles. The van der Waals surface area contributed by atoms with E-state index in [1.807, 2.05) is 0 Å². The Bertz CT molecular complexity index is 472. The van der Waals surface area contributed by atoms with Gasteiger partial charge in [0.15, 0.2) is 0 Å². The highest BCUT2D eigenvalue weighted by Crippen LogP contribution is 2.13. The van der Waals surface area contributed by atoms with Crippen molar-refractivity contribution in [3.63, 3.8) is 0 Å². The topological polar surface area (TPSA) is 92.4 Å². The molecule has 0 aromatic heterocycles. The number of aliphatic carboxylic acids is 1. The normalized spacial score (nSPS) is 11.0. The first kappa shape index (κ1) is 13.0. The fourth-order valence-electron chi connectivity index (χ4n) is 1.12. The summed E-state index contributed by atoms with van der Waals surface area (Å²) in [6.07, 6.45) is 0. The van der Waals surface area contributed by atoms with Gasteiger partial charge in [-0.25, -0.2) is 9.18 Å².